The highest BCUT2D eigenvalue weighted by molar-refractivity contribution is 5.95. The van der Waals surface area contributed by atoms with Crippen molar-refractivity contribution >= 4 is 11.8 Å². The summed E-state index contributed by atoms with van der Waals surface area (Å²) in [5.74, 6) is 0.304. The summed E-state index contributed by atoms with van der Waals surface area (Å²) in [6.07, 6.45) is 3.04. The van der Waals surface area contributed by atoms with Gasteiger partial charge in [-0.3, -0.25) is 14.6 Å². The summed E-state index contributed by atoms with van der Waals surface area (Å²) in [4.78, 5) is 32.0. The number of nitrogens with zero attached hydrogens (tertiary/aromatic N) is 2. The number of pyridine rings is 1. The van der Waals surface area contributed by atoms with Crippen LogP contribution in [0.2, 0.25) is 0 Å². The molecule has 0 spiro atoms. The Morgan fingerprint density at radius 1 is 1.10 bits per heavy atom. The monoisotopic (exact) mass is 417 g/mol. The molecule has 0 aliphatic carbocycles. The number of aryl methyl sites for hydroxylation is 2. The average molecular weight is 418 g/mol. The number of hydrogen-bond donors (Lipinski definition) is 1. The molecule has 1 aromatic carbocycles. The molecule has 1 aliphatic heterocycles. The maximum absolute atomic E-state index is 13.0. The molecule has 0 unspecified atom stereocenters. The van der Waals surface area contributed by atoms with Gasteiger partial charge in [0.15, 0.2) is 5.76 Å². The number of carbonyl (C=O) groups is 2. The van der Waals surface area contributed by atoms with Crippen molar-refractivity contribution < 1.29 is 14.0 Å². The molecule has 2 aromatic heterocycles. The van der Waals surface area contributed by atoms with Crippen LogP contribution in [0, 0.1) is 13.8 Å². The summed E-state index contributed by atoms with van der Waals surface area (Å²) in [5, 5.41) is 3.03. The summed E-state index contributed by atoms with van der Waals surface area (Å²) >= 11 is 0. The Bertz CT molecular complexity index is 1070. The number of nitrogens with one attached hydrogen (secondary N) is 1. The van der Waals surface area contributed by atoms with Crippen molar-refractivity contribution in [3.8, 4) is 0 Å². The summed E-state index contributed by atoms with van der Waals surface area (Å²) in [6, 6.07) is 15.3. The number of likely N-dealkylation sites (tertiary alicyclic amines) is 1. The van der Waals surface area contributed by atoms with E-state index in [1.165, 1.54) is 11.8 Å². The predicted octanol–water partition coefficient (Wildman–Crippen LogP) is 4.24. The second-order valence-electron chi connectivity index (χ2n) is 8.10. The standard InChI is InChI=1S/C25H27N3O3/c1-17-5-3-6-19(15-17)16-26-24(29)21-9-8-18(2)27-23(21)20-10-12-28(13-11-20)25(30)22-7-4-14-31-22/h3-9,14-15,20H,10-13,16H2,1-2H3,(H,26,29). The van der Waals surface area contributed by atoms with Gasteiger partial charge in [-0.2, -0.15) is 0 Å². The van der Waals surface area contributed by atoms with Crippen LogP contribution < -0.4 is 5.32 Å². The number of carbonyl (C=O) groups excluding carboxylic acids is 2. The van der Waals surface area contributed by atoms with Crippen LogP contribution in [0.15, 0.2) is 59.2 Å². The van der Waals surface area contributed by atoms with Gasteiger partial charge in [-0.05, 0) is 56.5 Å². The highest BCUT2D eigenvalue weighted by atomic mass is 16.3. The first-order valence-electron chi connectivity index (χ1n) is 10.7. The maximum Gasteiger partial charge on any atom is 0.289 e. The van der Waals surface area contributed by atoms with Crippen molar-refractivity contribution in [3.63, 3.8) is 0 Å². The minimum atomic E-state index is -0.113. The molecular formula is C25H27N3O3. The van der Waals surface area contributed by atoms with Gasteiger partial charge in [0.25, 0.3) is 11.8 Å². The minimum Gasteiger partial charge on any atom is -0.459 e. The van der Waals surface area contributed by atoms with Crippen molar-refractivity contribution in [2.75, 3.05) is 13.1 Å². The fourth-order valence-electron chi connectivity index (χ4n) is 4.09. The van der Waals surface area contributed by atoms with Crippen LogP contribution in [-0.2, 0) is 6.54 Å². The third-order valence-corrected chi connectivity index (χ3v) is 5.74. The molecule has 1 fully saturated rings. The summed E-state index contributed by atoms with van der Waals surface area (Å²) < 4.78 is 5.24. The second-order valence-corrected chi connectivity index (χ2v) is 8.10. The molecule has 0 saturated carbocycles. The molecule has 0 radical (unpaired) electrons. The van der Waals surface area contributed by atoms with E-state index < -0.39 is 0 Å². The topological polar surface area (TPSA) is 75.4 Å². The number of hydrogen-bond acceptors (Lipinski definition) is 4. The summed E-state index contributed by atoms with van der Waals surface area (Å²) in [7, 11) is 0. The number of amides is 2. The van der Waals surface area contributed by atoms with Gasteiger partial charge in [0.05, 0.1) is 17.5 Å². The predicted molar refractivity (Wildman–Crippen MR) is 118 cm³/mol. The minimum absolute atomic E-state index is 0.0863. The Morgan fingerprint density at radius 2 is 1.90 bits per heavy atom. The lowest BCUT2D eigenvalue weighted by atomic mass is 9.89. The van der Waals surface area contributed by atoms with Crippen molar-refractivity contribution in [1.29, 1.82) is 0 Å². The molecule has 3 heterocycles. The van der Waals surface area contributed by atoms with E-state index in [-0.39, 0.29) is 17.7 Å². The normalized spacial score (nSPS) is 14.5. The molecule has 1 saturated heterocycles. The van der Waals surface area contributed by atoms with Gasteiger partial charge in [0.2, 0.25) is 0 Å². The Balaban J connectivity index is 1.44. The molecule has 0 bridgehead atoms. The third-order valence-electron chi connectivity index (χ3n) is 5.74. The Morgan fingerprint density at radius 3 is 2.61 bits per heavy atom. The molecule has 6 nitrogen and oxygen atoms in total. The average Bonchev–Trinajstić information content (AvgIpc) is 3.32. The fourth-order valence-corrected chi connectivity index (χ4v) is 4.09. The molecule has 1 aliphatic rings. The van der Waals surface area contributed by atoms with Crippen LogP contribution in [0.4, 0.5) is 0 Å². The first kappa shape index (κ1) is 20.8. The molecule has 1 N–H and O–H groups in total. The number of aromatic nitrogens is 1. The van der Waals surface area contributed by atoms with E-state index in [4.69, 9.17) is 9.40 Å². The van der Waals surface area contributed by atoms with E-state index in [0.29, 0.717) is 31.0 Å². The van der Waals surface area contributed by atoms with Crippen LogP contribution in [0.3, 0.4) is 0 Å². The maximum atomic E-state index is 13.0. The van der Waals surface area contributed by atoms with E-state index in [0.717, 1.165) is 29.8 Å². The van der Waals surface area contributed by atoms with Gasteiger partial charge in [-0.15, -0.1) is 0 Å². The number of benzene rings is 1. The second kappa shape index (κ2) is 9.16. The number of furan rings is 1. The fraction of sp³-hybridized carbons (Fsp3) is 0.320. The SMILES string of the molecule is Cc1cccc(CNC(=O)c2ccc(C)nc2C2CCN(C(=O)c3ccco3)CC2)c1. The molecule has 3 aromatic rings. The summed E-state index contributed by atoms with van der Waals surface area (Å²) in [6.45, 7) is 5.68. The molecule has 4 rings (SSSR count). The van der Waals surface area contributed by atoms with E-state index >= 15 is 0 Å². The molecular weight excluding hydrogens is 390 g/mol. The first-order chi connectivity index (χ1) is 15.0. The van der Waals surface area contributed by atoms with Crippen LogP contribution in [0.5, 0.6) is 0 Å². The number of piperidine rings is 1. The van der Waals surface area contributed by atoms with Crippen molar-refractivity contribution in [3.05, 3.63) is 88.6 Å². The van der Waals surface area contributed by atoms with E-state index in [9.17, 15) is 9.59 Å². The van der Waals surface area contributed by atoms with Crippen molar-refractivity contribution in [2.45, 2.75) is 39.2 Å². The van der Waals surface area contributed by atoms with Gasteiger partial charge in [-0.25, -0.2) is 0 Å². The van der Waals surface area contributed by atoms with Gasteiger partial charge >= 0.3 is 0 Å². The van der Waals surface area contributed by atoms with Crippen LogP contribution in [0.25, 0.3) is 0 Å². The molecule has 6 heteroatoms. The van der Waals surface area contributed by atoms with Crippen molar-refractivity contribution in [2.24, 2.45) is 0 Å². The lowest BCUT2D eigenvalue weighted by molar-refractivity contribution is 0.0678. The van der Waals surface area contributed by atoms with Gasteiger partial charge < -0.3 is 14.6 Å². The zero-order chi connectivity index (χ0) is 21.8. The third kappa shape index (κ3) is 4.85. The molecule has 31 heavy (non-hydrogen) atoms. The molecule has 2 amide bonds. The highest BCUT2D eigenvalue weighted by Gasteiger charge is 2.29. The Hall–Kier alpha value is -3.41. The highest BCUT2D eigenvalue weighted by Crippen LogP contribution is 2.30. The zero-order valence-electron chi connectivity index (χ0n) is 17.9. The van der Waals surface area contributed by atoms with E-state index in [1.807, 2.05) is 49.1 Å². The summed E-state index contributed by atoms with van der Waals surface area (Å²) in [5.41, 5.74) is 4.57. The lowest BCUT2D eigenvalue weighted by Gasteiger charge is -2.32. The quantitative estimate of drug-likeness (QED) is 0.674. The van der Waals surface area contributed by atoms with Crippen LogP contribution in [0.1, 0.15) is 62.2 Å². The number of rotatable bonds is 5. The smallest absolute Gasteiger partial charge is 0.289 e. The lowest BCUT2D eigenvalue weighted by Crippen LogP contribution is -2.38. The molecule has 0 atom stereocenters. The van der Waals surface area contributed by atoms with Gasteiger partial charge in [-0.1, -0.05) is 29.8 Å². The Labute approximate surface area is 182 Å². The first-order valence-corrected chi connectivity index (χ1v) is 10.7. The largest absolute Gasteiger partial charge is 0.459 e. The molecule has 160 valence electrons. The van der Waals surface area contributed by atoms with Gasteiger partial charge in [0.1, 0.15) is 0 Å². The van der Waals surface area contributed by atoms with E-state index in [1.54, 1.807) is 12.1 Å². The van der Waals surface area contributed by atoms with E-state index in [2.05, 4.69) is 11.4 Å². The van der Waals surface area contributed by atoms with Crippen LogP contribution in [-0.4, -0.2) is 34.8 Å². The van der Waals surface area contributed by atoms with Crippen LogP contribution >= 0.6 is 0 Å². The van der Waals surface area contributed by atoms with Gasteiger partial charge in [0, 0.05) is 31.2 Å². The Kier molecular flexibility index (Phi) is 6.16. The van der Waals surface area contributed by atoms with Crippen molar-refractivity contribution in [1.82, 2.24) is 15.2 Å². The zero-order valence-corrected chi connectivity index (χ0v) is 17.9.